The Morgan fingerprint density at radius 2 is 2.43 bits per heavy atom. The molecule has 0 spiro atoms. The topological polar surface area (TPSA) is 67.2 Å². The summed E-state index contributed by atoms with van der Waals surface area (Å²) in [6.07, 6.45) is 2.33. The van der Waals surface area contributed by atoms with Crippen molar-refractivity contribution in [1.82, 2.24) is 15.6 Å². The van der Waals surface area contributed by atoms with E-state index in [0.717, 1.165) is 36.2 Å². The molecule has 1 saturated heterocycles. The molecule has 1 atom stereocenters. The van der Waals surface area contributed by atoms with Crippen LogP contribution in [0.25, 0.3) is 11.1 Å². The van der Waals surface area contributed by atoms with Gasteiger partial charge in [0.05, 0.1) is 0 Å². The van der Waals surface area contributed by atoms with Crippen LogP contribution in [0.15, 0.2) is 22.6 Å². The number of carbonyl (C=O) groups is 1. The molecule has 3 rings (SSSR count). The zero-order valence-electron chi connectivity index (χ0n) is 12.3. The standard InChI is InChI=1S/C16H21N3O2/c1-11-3-2-4-13-16(11)19-15(21-13)6-8-18-14(20)9-12-5-7-17-10-12/h2-4,12,17H,5-10H2,1H3,(H,18,20). The average Bonchev–Trinajstić information content (AvgIpc) is 3.08. The maximum Gasteiger partial charge on any atom is 0.220 e. The van der Waals surface area contributed by atoms with Crippen LogP contribution in [0.2, 0.25) is 0 Å². The van der Waals surface area contributed by atoms with Crippen molar-refractivity contribution in [3.05, 3.63) is 29.7 Å². The lowest BCUT2D eigenvalue weighted by Crippen LogP contribution is -2.28. The molecule has 2 aromatic rings. The number of hydrogen-bond donors (Lipinski definition) is 2. The monoisotopic (exact) mass is 287 g/mol. The van der Waals surface area contributed by atoms with Gasteiger partial charge in [0.25, 0.3) is 0 Å². The van der Waals surface area contributed by atoms with Gasteiger partial charge in [-0.05, 0) is 44.0 Å². The van der Waals surface area contributed by atoms with Crippen molar-refractivity contribution in [3.63, 3.8) is 0 Å². The number of amides is 1. The van der Waals surface area contributed by atoms with Gasteiger partial charge in [0.1, 0.15) is 5.52 Å². The second-order valence-corrected chi connectivity index (χ2v) is 5.69. The van der Waals surface area contributed by atoms with Gasteiger partial charge in [-0.15, -0.1) is 0 Å². The second-order valence-electron chi connectivity index (χ2n) is 5.69. The Kier molecular flexibility index (Phi) is 4.20. The van der Waals surface area contributed by atoms with E-state index in [0.29, 0.717) is 31.2 Å². The van der Waals surface area contributed by atoms with Crippen LogP contribution in [0.4, 0.5) is 0 Å². The maximum atomic E-state index is 11.8. The van der Waals surface area contributed by atoms with E-state index < -0.39 is 0 Å². The fourth-order valence-electron chi connectivity index (χ4n) is 2.77. The Morgan fingerprint density at radius 3 is 3.19 bits per heavy atom. The molecule has 0 bridgehead atoms. The Morgan fingerprint density at radius 1 is 1.52 bits per heavy atom. The predicted octanol–water partition coefficient (Wildman–Crippen LogP) is 1.79. The van der Waals surface area contributed by atoms with Gasteiger partial charge in [0, 0.05) is 19.4 Å². The molecular weight excluding hydrogens is 266 g/mol. The van der Waals surface area contributed by atoms with Gasteiger partial charge in [-0.3, -0.25) is 4.79 Å². The van der Waals surface area contributed by atoms with Gasteiger partial charge in [-0.2, -0.15) is 0 Å². The number of nitrogens with one attached hydrogen (secondary N) is 2. The second kappa shape index (κ2) is 6.26. The Hall–Kier alpha value is -1.88. The largest absolute Gasteiger partial charge is 0.441 e. The van der Waals surface area contributed by atoms with E-state index in [9.17, 15) is 4.79 Å². The number of aromatic nitrogens is 1. The molecule has 0 radical (unpaired) electrons. The van der Waals surface area contributed by atoms with Crippen LogP contribution in [-0.2, 0) is 11.2 Å². The third-order valence-corrected chi connectivity index (χ3v) is 3.96. The van der Waals surface area contributed by atoms with Crippen LogP contribution in [0.3, 0.4) is 0 Å². The molecule has 1 aliphatic heterocycles. The highest BCUT2D eigenvalue weighted by Crippen LogP contribution is 2.19. The molecule has 5 heteroatoms. The lowest BCUT2D eigenvalue weighted by molar-refractivity contribution is -0.121. The number of oxazole rings is 1. The minimum Gasteiger partial charge on any atom is -0.441 e. The molecule has 1 unspecified atom stereocenters. The predicted molar refractivity (Wildman–Crippen MR) is 81.1 cm³/mol. The normalized spacial score (nSPS) is 18.2. The van der Waals surface area contributed by atoms with E-state index in [1.165, 1.54) is 0 Å². The van der Waals surface area contributed by atoms with Gasteiger partial charge >= 0.3 is 0 Å². The first kappa shape index (κ1) is 14.1. The van der Waals surface area contributed by atoms with Crippen molar-refractivity contribution in [2.24, 2.45) is 5.92 Å². The summed E-state index contributed by atoms with van der Waals surface area (Å²) in [5.41, 5.74) is 2.84. The first-order valence-corrected chi connectivity index (χ1v) is 7.55. The number of carbonyl (C=O) groups excluding carboxylic acids is 1. The summed E-state index contributed by atoms with van der Waals surface area (Å²) in [7, 11) is 0. The maximum absolute atomic E-state index is 11.8. The van der Waals surface area contributed by atoms with E-state index in [1.54, 1.807) is 0 Å². The van der Waals surface area contributed by atoms with Crippen LogP contribution in [0.1, 0.15) is 24.3 Å². The van der Waals surface area contributed by atoms with Gasteiger partial charge < -0.3 is 15.1 Å². The molecule has 0 saturated carbocycles. The molecular formula is C16H21N3O2. The molecule has 0 aliphatic carbocycles. The van der Waals surface area contributed by atoms with Crippen molar-refractivity contribution in [3.8, 4) is 0 Å². The molecule has 112 valence electrons. The van der Waals surface area contributed by atoms with Gasteiger partial charge in [-0.25, -0.2) is 4.98 Å². The SMILES string of the molecule is Cc1cccc2oc(CCNC(=O)CC3CCNC3)nc12. The molecule has 1 fully saturated rings. The molecule has 1 aromatic heterocycles. The van der Waals surface area contributed by atoms with Crippen molar-refractivity contribution >= 4 is 17.0 Å². The summed E-state index contributed by atoms with van der Waals surface area (Å²) < 4.78 is 5.69. The first-order valence-electron chi connectivity index (χ1n) is 7.55. The van der Waals surface area contributed by atoms with Crippen molar-refractivity contribution in [2.45, 2.75) is 26.2 Å². The molecule has 1 aliphatic rings. The van der Waals surface area contributed by atoms with Crippen LogP contribution in [0, 0.1) is 12.8 Å². The van der Waals surface area contributed by atoms with Crippen LogP contribution in [0.5, 0.6) is 0 Å². The van der Waals surface area contributed by atoms with E-state index in [2.05, 4.69) is 15.6 Å². The zero-order valence-corrected chi connectivity index (χ0v) is 12.3. The third-order valence-electron chi connectivity index (χ3n) is 3.96. The highest BCUT2D eigenvalue weighted by Gasteiger charge is 2.17. The highest BCUT2D eigenvalue weighted by atomic mass is 16.3. The van der Waals surface area contributed by atoms with E-state index >= 15 is 0 Å². The number of fused-ring (bicyclic) bond motifs is 1. The number of para-hydroxylation sites is 1. The van der Waals surface area contributed by atoms with E-state index in [1.807, 2.05) is 25.1 Å². The van der Waals surface area contributed by atoms with Crippen molar-refractivity contribution < 1.29 is 9.21 Å². The molecule has 5 nitrogen and oxygen atoms in total. The van der Waals surface area contributed by atoms with Gasteiger partial charge in [0.2, 0.25) is 5.91 Å². The first-order chi connectivity index (χ1) is 10.2. The minimum atomic E-state index is 0.121. The Balaban J connectivity index is 1.49. The van der Waals surface area contributed by atoms with Crippen LogP contribution < -0.4 is 10.6 Å². The lowest BCUT2D eigenvalue weighted by Gasteiger charge is -2.08. The summed E-state index contributed by atoms with van der Waals surface area (Å²) in [4.78, 5) is 16.3. The van der Waals surface area contributed by atoms with Crippen LogP contribution in [-0.4, -0.2) is 30.5 Å². The van der Waals surface area contributed by atoms with E-state index in [4.69, 9.17) is 4.42 Å². The number of nitrogens with zero attached hydrogens (tertiary/aromatic N) is 1. The summed E-state index contributed by atoms with van der Waals surface area (Å²) in [6, 6.07) is 5.90. The molecule has 1 aromatic carbocycles. The number of hydrogen-bond acceptors (Lipinski definition) is 4. The fraction of sp³-hybridized carbons (Fsp3) is 0.500. The van der Waals surface area contributed by atoms with Crippen LogP contribution >= 0.6 is 0 Å². The van der Waals surface area contributed by atoms with E-state index in [-0.39, 0.29) is 5.91 Å². The molecule has 1 amide bonds. The lowest BCUT2D eigenvalue weighted by atomic mass is 10.0. The molecule has 21 heavy (non-hydrogen) atoms. The summed E-state index contributed by atoms with van der Waals surface area (Å²) in [5, 5.41) is 6.23. The average molecular weight is 287 g/mol. The third kappa shape index (κ3) is 3.42. The quantitative estimate of drug-likeness (QED) is 0.880. The van der Waals surface area contributed by atoms with Gasteiger partial charge in [-0.1, -0.05) is 12.1 Å². The summed E-state index contributed by atoms with van der Waals surface area (Å²) >= 11 is 0. The number of aryl methyl sites for hydroxylation is 1. The van der Waals surface area contributed by atoms with Crippen molar-refractivity contribution in [1.29, 1.82) is 0 Å². The number of benzene rings is 1. The minimum absolute atomic E-state index is 0.121. The highest BCUT2D eigenvalue weighted by molar-refractivity contribution is 5.77. The Bertz CT molecular complexity index is 629. The van der Waals surface area contributed by atoms with Crippen molar-refractivity contribution in [2.75, 3.05) is 19.6 Å². The fourth-order valence-corrected chi connectivity index (χ4v) is 2.77. The summed E-state index contributed by atoms with van der Waals surface area (Å²) in [5.74, 6) is 1.29. The number of rotatable bonds is 5. The smallest absolute Gasteiger partial charge is 0.220 e. The zero-order chi connectivity index (χ0) is 14.7. The summed E-state index contributed by atoms with van der Waals surface area (Å²) in [6.45, 7) is 4.58. The van der Waals surface area contributed by atoms with Gasteiger partial charge in [0.15, 0.2) is 11.5 Å². The Labute approximate surface area is 124 Å². The molecule has 2 heterocycles. The molecule has 2 N–H and O–H groups in total.